The lowest BCUT2D eigenvalue weighted by Crippen LogP contribution is -2.10. The average molecular weight is 669 g/mol. The Hall–Kier alpha value is -6.42. The highest BCUT2D eigenvalue weighted by molar-refractivity contribution is 7.25. The third-order valence-electron chi connectivity index (χ3n) is 9.94. The molecule has 3 heteroatoms. The van der Waals surface area contributed by atoms with Gasteiger partial charge in [0.1, 0.15) is 0 Å². The van der Waals surface area contributed by atoms with E-state index in [0.29, 0.717) is 0 Å². The fraction of sp³-hybridized carbons (Fsp3) is 0. The lowest BCUT2D eigenvalue weighted by atomic mass is 9.95. The molecule has 8 aromatic carbocycles. The van der Waals surface area contributed by atoms with Crippen molar-refractivity contribution >= 4 is 70.4 Å². The monoisotopic (exact) mass is 668 g/mol. The van der Waals surface area contributed by atoms with E-state index in [1.165, 1.54) is 64.2 Å². The molecule has 2 aromatic heterocycles. The van der Waals surface area contributed by atoms with Crippen LogP contribution in [-0.2, 0) is 0 Å². The fourth-order valence-corrected chi connectivity index (χ4v) is 8.75. The van der Waals surface area contributed by atoms with Crippen molar-refractivity contribution in [1.29, 1.82) is 0 Å². The SMILES string of the molecule is c1ccc(-c2cccc(-c3cc(N(c4ccccc4)c4ccc5sc6ccccc6c5c4)cc4c3c3ccccc3n4-c3ccccc3)c2)cc1. The molecule has 0 saturated heterocycles. The van der Waals surface area contributed by atoms with Crippen LogP contribution in [0, 0.1) is 0 Å². The second-order valence-corrected chi connectivity index (χ2v) is 14.1. The number of aromatic nitrogens is 1. The zero-order valence-corrected chi connectivity index (χ0v) is 28.6. The molecule has 0 unspecified atom stereocenters. The van der Waals surface area contributed by atoms with Crippen LogP contribution in [0.2, 0.25) is 0 Å². The van der Waals surface area contributed by atoms with Crippen molar-refractivity contribution in [1.82, 2.24) is 4.57 Å². The standard InChI is InChI=1S/C48H32N2S/c1-4-15-33(16-5-1)34-17-14-18-35(29-34)42-31-39(32-45-48(42)41-24-10-12-25-44(41)50(45)37-21-8-3-9-22-37)49(36-19-6-2-7-20-36)38-27-28-47-43(30-38)40-23-11-13-26-46(40)51-47/h1-32H. The van der Waals surface area contributed by atoms with Crippen molar-refractivity contribution in [2.75, 3.05) is 4.90 Å². The summed E-state index contributed by atoms with van der Waals surface area (Å²) < 4.78 is 5.04. The summed E-state index contributed by atoms with van der Waals surface area (Å²) in [6.07, 6.45) is 0. The van der Waals surface area contributed by atoms with Gasteiger partial charge in [0.05, 0.1) is 11.0 Å². The third-order valence-corrected chi connectivity index (χ3v) is 11.1. The first-order valence-electron chi connectivity index (χ1n) is 17.4. The van der Waals surface area contributed by atoms with Crippen LogP contribution in [-0.4, -0.2) is 4.57 Å². The van der Waals surface area contributed by atoms with Gasteiger partial charge in [0.2, 0.25) is 0 Å². The Bertz CT molecular complexity index is 2850. The molecule has 0 atom stereocenters. The summed E-state index contributed by atoms with van der Waals surface area (Å²) in [4.78, 5) is 2.42. The number of para-hydroxylation sites is 3. The third kappa shape index (κ3) is 5.01. The Balaban J connectivity index is 1.30. The Labute approximate surface area is 300 Å². The van der Waals surface area contributed by atoms with Crippen molar-refractivity contribution < 1.29 is 0 Å². The summed E-state index contributed by atoms with van der Waals surface area (Å²) in [5, 5.41) is 5.06. The summed E-state index contributed by atoms with van der Waals surface area (Å²) >= 11 is 1.85. The van der Waals surface area contributed by atoms with Gasteiger partial charge >= 0.3 is 0 Å². The molecule has 240 valence electrons. The van der Waals surface area contributed by atoms with Gasteiger partial charge < -0.3 is 9.47 Å². The van der Waals surface area contributed by atoms with E-state index in [1.54, 1.807) is 0 Å². The minimum atomic E-state index is 1.10. The second-order valence-electron chi connectivity index (χ2n) is 13.0. The molecule has 51 heavy (non-hydrogen) atoms. The van der Waals surface area contributed by atoms with Crippen LogP contribution in [0.3, 0.4) is 0 Å². The maximum atomic E-state index is 2.43. The van der Waals surface area contributed by atoms with Crippen LogP contribution < -0.4 is 4.90 Å². The predicted octanol–water partition coefficient (Wildman–Crippen LogP) is 14.0. The van der Waals surface area contributed by atoms with Crippen molar-refractivity contribution in [3.8, 4) is 27.9 Å². The zero-order chi connectivity index (χ0) is 33.7. The summed E-state index contributed by atoms with van der Waals surface area (Å²) in [7, 11) is 0. The van der Waals surface area contributed by atoms with Crippen LogP contribution in [0.15, 0.2) is 194 Å². The number of anilines is 3. The molecule has 0 aliphatic carbocycles. The van der Waals surface area contributed by atoms with Gasteiger partial charge in [-0.3, -0.25) is 0 Å². The van der Waals surface area contributed by atoms with E-state index in [2.05, 4.69) is 204 Å². The van der Waals surface area contributed by atoms with Crippen molar-refractivity contribution in [3.63, 3.8) is 0 Å². The fourth-order valence-electron chi connectivity index (χ4n) is 7.67. The molecule has 10 aromatic rings. The first-order valence-corrected chi connectivity index (χ1v) is 18.2. The summed E-state index contributed by atoms with van der Waals surface area (Å²) in [5.74, 6) is 0. The normalized spacial score (nSPS) is 11.5. The van der Waals surface area contributed by atoms with Gasteiger partial charge in [-0.1, -0.05) is 121 Å². The number of thiophene rings is 1. The molecule has 2 nitrogen and oxygen atoms in total. The number of fused-ring (bicyclic) bond motifs is 6. The average Bonchev–Trinajstić information content (AvgIpc) is 3.74. The quantitative estimate of drug-likeness (QED) is 0.171. The van der Waals surface area contributed by atoms with Gasteiger partial charge in [0, 0.05) is 53.7 Å². The predicted molar refractivity (Wildman–Crippen MR) is 219 cm³/mol. The van der Waals surface area contributed by atoms with Gasteiger partial charge in [-0.05, 0) is 95.1 Å². The van der Waals surface area contributed by atoms with E-state index in [4.69, 9.17) is 0 Å². The Morgan fingerprint density at radius 2 is 1.02 bits per heavy atom. The van der Waals surface area contributed by atoms with E-state index >= 15 is 0 Å². The van der Waals surface area contributed by atoms with Gasteiger partial charge in [-0.25, -0.2) is 0 Å². The first-order chi connectivity index (χ1) is 25.3. The van der Waals surface area contributed by atoms with Crippen LogP contribution >= 0.6 is 11.3 Å². The smallest absolute Gasteiger partial charge is 0.0568 e. The number of benzene rings is 8. The summed E-state index contributed by atoms with van der Waals surface area (Å²) in [5.41, 5.74) is 11.6. The van der Waals surface area contributed by atoms with Gasteiger partial charge in [-0.2, -0.15) is 0 Å². The van der Waals surface area contributed by atoms with Crippen LogP contribution in [0.4, 0.5) is 17.1 Å². The maximum absolute atomic E-state index is 2.43. The first kappa shape index (κ1) is 29.5. The molecular weight excluding hydrogens is 637 g/mol. The molecule has 0 saturated carbocycles. The molecule has 0 N–H and O–H groups in total. The minimum Gasteiger partial charge on any atom is -0.310 e. The van der Waals surface area contributed by atoms with Crippen molar-refractivity contribution in [3.05, 3.63) is 194 Å². The largest absolute Gasteiger partial charge is 0.310 e. The van der Waals surface area contributed by atoms with Gasteiger partial charge in [-0.15, -0.1) is 11.3 Å². The molecule has 0 radical (unpaired) electrons. The molecule has 0 amide bonds. The molecule has 0 spiro atoms. The lowest BCUT2D eigenvalue weighted by molar-refractivity contribution is 1.18. The minimum absolute atomic E-state index is 1.10. The van der Waals surface area contributed by atoms with E-state index in [9.17, 15) is 0 Å². The molecular formula is C48H32N2S. The number of nitrogens with zero attached hydrogens (tertiary/aromatic N) is 2. The zero-order valence-electron chi connectivity index (χ0n) is 27.8. The molecule has 0 fully saturated rings. The Kier molecular flexibility index (Phi) is 7.04. The van der Waals surface area contributed by atoms with E-state index in [0.717, 1.165) is 22.7 Å². The Morgan fingerprint density at radius 3 is 1.84 bits per heavy atom. The van der Waals surface area contributed by atoms with Crippen molar-refractivity contribution in [2.24, 2.45) is 0 Å². The molecule has 0 bridgehead atoms. The Morgan fingerprint density at radius 1 is 0.373 bits per heavy atom. The van der Waals surface area contributed by atoms with Gasteiger partial charge in [0.25, 0.3) is 0 Å². The topological polar surface area (TPSA) is 8.17 Å². The highest BCUT2D eigenvalue weighted by Gasteiger charge is 2.22. The summed E-state index contributed by atoms with van der Waals surface area (Å²) in [6.45, 7) is 0. The highest BCUT2D eigenvalue weighted by atomic mass is 32.1. The number of hydrogen-bond acceptors (Lipinski definition) is 2. The number of rotatable bonds is 6. The van der Waals surface area contributed by atoms with Crippen LogP contribution in [0.25, 0.3) is 69.9 Å². The molecule has 2 heterocycles. The molecule has 10 rings (SSSR count). The second kappa shape index (κ2) is 12.2. The number of hydrogen-bond donors (Lipinski definition) is 0. The van der Waals surface area contributed by atoms with Crippen molar-refractivity contribution in [2.45, 2.75) is 0 Å². The highest BCUT2D eigenvalue weighted by Crippen LogP contribution is 2.46. The van der Waals surface area contributed by atoms with Gasteiger partial charge in [0.15, 0.2) is 0 Å². The van der Waals surface area contributed by atoms with E-state index in [1.807, 2.05) is 11.3 Å². The van der Waals surface area contributed by atoms with Crippen LogP contribution in [0.1, 0.15) is 0 Å². The maximum Gasteiger partial charge on any atom is 0.0568 e. The van der Waals surface area contributed by atoms with E-state index in [-0.39, 0.29) is 0 Å². The lowest BCUT2D eigenvalue weighted by Gasteiger charge is -2.27. The molecule has 0 aliphatic heterocycles. The summed E-state index contributed by atoms with van der Waals surface area (Å²) in [6, 6.07) is 70.5. The van der Waals surface area contributed by atoms with Crippen LogP contribution in [0.5, 0.6) is 0 Å². The molecule has 0 aliphatic rings. The van der Waals surface area contributed by atoms with E-state index < -0.39 is 0 Å².